The summed E-state index contributed by atoms with van der Waals surface area (Å²) in [5, 5.41) is 33.3. The van der Waals surface area contributed by atoms with Gasteiger partial charge < -0.3 is 20.5 Å². The molecule has 3 unspecified atom stereocenters. The lowest BCUT2D eigenvalue weighted by Gasteiger charge is -2.49. The number of amides is 2. The van der Waals surface area contributed by atoms with Gasteiger partial charge in [0.25, 0.3) is 0 Å². The van der Waals surface area contributed by atoms with E-state index < -0.39 is 34.2 Å². The fraction of sp³-hybridized carbons (Fsp3) is 0.439. The summed E-state index contributed by atoms with van der Waals surface area (Å²) < 4.78 is 56.4. The van der Waals surface area contributed by atoms with E-state index in [9.17, 15) is 18.9 Å². The Bertz CT molecular complexity index is 2650. The number of benzene rings is 2. The standard InChI is InChI=1S/C41H48BF2N13O5S/c1-24(2)62-37-35(26-19-47-48-20-26)46-22-57-39(37)50-40(52-57)49-32-10-7-28(18-31(32)43)63(61)56-14-5-6-27(21-56)41(42,60)55-16-11-25(12-17-55)29-8-9-30-36(34(29)44)53(4)51-38(30)54(23-58)15-13-33(59)45-3/h7-10,18-20,22-25,27,60H,5-6,11-17,21H2,1-4H3,(H,45,59)(H,47,48)(H,49,52). The molecule has 0 saturated carbocycles. The van der Waals surface area contributed by atoms with Gasteiger partial charge in [0.15, 0.2) is 17.4 Å². The van der Waals surface area contributed by atoms with Crippen LogP contribution >= 0.6 is 0 Å². The van der Waals surface area contributed by atoms with Crippen molar-refractivity contribution in [3.63, 3.8) is 0 Å². The Hall–Kier alpha value is -5.84. The fourth-order valence-corrected chi connectivity index (χ4v) is 9.74. The zero-order valence-corrected chi connectivity index (χ0v) is 36.1. The van der Waals surface area contributed by atoms with Gasteiger partial charge >= 0.3 is 0 Å². The Morgan fingerprint density at radius 1 is 1.17 bits per heavy atom. The molecule has 0 bridgehead atoms. The minimum atomic E-state index is -1.76. The van der Waals surface area contributed by atoms with Gasteiger partial charge in [-0.15, -0.1) is 5.10 Å². The first-order valence-corrected chi connectivity index (χ1v) is 21.9. The van der Waals surface area contributed by atoms with Crippen LogP contribution in [0.1, 0.15) is 57.4 Å². The van der Waals surface area contributed by atoms with Gasteiger partial charge in [0.05, 0.1) is 28.5 Å². The first-order valence-electron chi connectivity index (χ1n) is 20.8. The molecular weight excluding hydrogens is 835 g/mol. The van der Waals surface area contributed by atoms with Crippen molar-refractivity contribution in [3.05, 3.63) is 66.3 Å². The van der Waals surface area contributed by atoms with Crippen LogP contribution in [0.15, 0.2) is 53.9 Å². The number of hydrogen-bond donors (Lipinski definition) is 4. The van der Waals surface area contributed by atoms with Crippen LogP contribution in [0.4, 0.5) is 26.2 Å². The average Bonchev–Trinajstić information content (AvgIpc) is 4.04. The number of piperidine rings is 2. The highest BCUT2D eigenvalue weighted by atomic mass is 32.2. The quantitative estimate of drug-likeness (QED) is 0.0861. The van der Waals surface area contributed by atoms with Gasteiger partial charge in [0, 0.05) is 76.3 Å². The molecule has 3 atom stereocenters. The number of aromatic nitrogens is 8. The number of halogens is 2. The Morgan fingerprint density at radius 2 is 1.97 bits per heavy atom. The van der Waals surface area contributed by atoms with E-state index in [0.717, 1.165) is 0 Å². The van der Waals surface area contributed by atoms with E-state index in [-0.39, 0.29) is 65.3 Å². The maximum Gasteiger partial charge on any atom is 0.247 e. The Morgan fingerprint density at radius 3 is 2.67 bits per heavy atom. The molecule has 22 heteroatoms. The topological polar surface area (TPSA) is 204 Å². The minimum absolute atomic E-state index is 0.0679. The molecule has 4 aromatic heterocycles. The molecule has 4 N–H and O–H groups in total. The molecule has 0 aliphatic carbocycles. The number of hydrogen-bond acceptors (Lipinski definition) is 12. The number of aliphatic hydroxyl groups is 1. The van der Waals surface area contributed by atoms with Crippen LogP contribution in [0.5, 0.6) is 5.75 Å². The molecule has 18 nitrogen and oxygen atoms in total. The normalized spacial score (nSPS) is 18.1. The van der Waals surface area contributed by atoms with E-state index in [2.05, 4.69) is 41.0 Å². The molecule has 6 heterocycles. The number of aromatic amines is 1. The van der Waals surface area contributed by atoms with Gasteiger partial charge in [-0.2, -0.15) is 19.7 Å². The summed E-state index contributed by atoms with van der Waals surface area (Å²) in [6, 6.07) is 7.71. The number of carbonyl (C=O) groups excluding carboxylic acids is 2. The summed E-state index contributed by atoms with van der Waals surface area (Å²) in [6.45, 7) is 5.28. The molecule has 2 saturated heterocycles. The van der Waals surface area contributed by atoms with Crippen LogP contribution in [0.3, 0.4) is 0 Å². The minimum Gasteiger partial charge on any atom is -0.485 e. The van der Waals surface area contributed by atoms with Crippen molar-refractivity contribution in [2.75, 3.05) is 50.0 Å². The highest BCUT2D eigenvalue weighted by molar-refractivity contribution is 7.82. The van der Waals surface area contributed by atoms with E-state index in [1.54, 1.807) is 46.8 Å². The zero-order chi connectivity index (χ0) is 44.6. The van der Waals surface area contributed by atoms with Crippen LogP contribution < -0.4 is 20.3 Å². The first-order chi connectivity index (χ1) is 30.3. The molecule has 6 aromatic rings. The molecule has 2 aliphatic rings. The monoisotopic (exact) mass is 883 g/mol. The van der Waals surface area contributed by atoms with Crippen LogP contribution in [-0.4, -0.2) is 130 Å². The molecule has 330 valence electrons. The summed E-state index contributed by atoms with van der Waals surface area (Å²) in [6.07, 6.45) is 7.47. The summed E-state index contributed by atoms with van der Waals surface area (Å²) in [4.78, 5) is 36.1. The van der Waals surface area contributed by atoms with Crippen LogP contribution in [0, 0.1) is 17.6 Å². The van der Waals surface area contributed by atoms with E-state index >= 15 is 8.78 Å². The number of ether oxygens (including phenoxy) is 1. The molecule has 2 fully saturated rings. The van der Waals surface area contributed by atoms with Crippen molar-refractivity contribution in [2.45, 2.75) is 68.5 Å². The van der Waals surface area contributed by atoms with Gasteiger partial charge in [-0.25, -0.2) is 22.3 Å². The van der Waals surface area contributed by atoms with E-state index in [1.165, 1.54) is 39.6 Å². The summed E-state index contributed by atoms with van der Waals surface area (Å²) in [5.41, 5.74) is 0.671. The summed E-state index contributed by atoms with van der Waals surface area (Å²) in [7, 11) is 8.06. The zero-order valence-electron chi connectivity index (χ0n) is 35.3. The van der Waals surface area contributed by atoms with Crippen molar-refractivity contribution >= 4 is 65.2 Å². The van der Waals surface area contributed by atoms with Gasteiger partial charge in [0.1, 0.15) is 42.2 Å². The van der Waals surface area contributed by atoms with Crippen molar-refractivity contribution in [1.82, 2.24) is 54.1 Å². The highest BCUT2D eigenvalue weighted by Crippen LogP contribution is 2.39. The smallest absolute Gasteiger partial charge is 0.247 e. The number of anilines is 3. The second kappa shape index (κ2) is 18.1. The lowest BCUT2D eigenvalue weighted by atomic mass is 9.73. The summed E-state index contributed by atoms with van der Waals surface area (Å²) in [5.74, 6) is -1.23. The van der Waals surface area contributed by atoms with E-state index in [1.807, 2.05) is 13.8 Å². The molecule has 8 rings (SSSR count). The van der Waals surface area contributed by atoms with Gasteiger partial charge in [-0.1, -0.05) is 6.07 Å². The third kappa shape index (κ3) is 8.76. The third-order valence-corrected chi connectivity index (χ3v) is 13.2. The van der Waals surface area contributed by atoms with Crippen molar-refractivity contribution in [3.8, 4) is 17.0 Å². The van der Waals surface area contributed by atoms with E-state index in [0.29, 0.717) is 85.3 Å². The molecule has 0 spiro atoms. The van der Waals surface area contributed by atoms with Gasteiger partial charge in [-0.3, -0.25) is 29.2 Å². The number of fused-ring (bicyclic) bond motifs is 2. The Labute approximate surface area is 365 Å². The van der Waals surface area contributed by atoms with Crippen molar-refractivity contribution in [2.24, 2.45) is 13.0 Å². The highest BCUT2D eigenvalue weighted by Gasteiger charge is 2.42. The average molecular weight is 884 g/mol. The SMILES string of the molecule is [B]C(O)(C1CCCN(S(=O)c2ccc(Nc3nc4c(OC(C)C)c(-c5cn[nH]c5)ncn4n3)c(F)c2)C1)N1CCC(c2ccc3c(N(C=O)CCC(=O)NC)nn(C)c3c2F)CC1. The predicted molar refractivity (Wildman–Crippen MR) is 232 cm³/mol. The molecule has 63 heavy (non-hydrogen) atoms. The molecular formula is C41H48BF2N13O5S. The number of H-pyrrole nitrogens is 1. The maximum atomic E-state index is 16.2. The van der Waals surface area contributed by atoms with Crippen LogP contribution in [0.2, 0.25) is 0 Å². The lowest BCUT2D eigenvalue weighted by molar-refractivity contribution is -0.120. The number of nitrogens with zero attached hydrogens (tertiary/aromatic N) is 10. The largest absolute Gasteiger partial charge is 0.485 e. The number of carbonyl (C=O) groups is 2. The Kier molecular flexibility index (Phi) is 12.6. The van der Waals surface area contributed by atoms with Crippen molar-refractivity contribution in [1.29, 1.82) is 0 Å². The molecule has 2 aliphatic heterocycles. The molecule has 2 aromatic carbocycles. The molecule has 2 radical (unpaired) electrons. The van der Waals surface area contributed by atoms with E-state index in [4.69, 9.17) is 12.6 Å². The van der Waals surface area contributed by atoms with Crippen LogP contribution in [-0.2, 0) is 27.6 Å². The Balaban J connectivity index is 0.907. The number of nitrogens with one attached hydrogen (secondary N) is 3. The fourth-order valence-electron chi connectivity index (χ4n) is 8.45. The molecule has 2 amide bonds. The predicted octanol–water partition coefficient (Wildman–Crippen LogP) is 3.74. The lowest BCUT2D eigenvalue weighted by Crippen LogP contribution is -2.60. The first kappa shape index (κ1) is 43.8. The third-order valence-electron chi connectivity index (χ3n) is 11.7. The van der Waals surface area contributed by atoms with Gasteiger partial charge in [0.2, 0.25) is 23.9 Å². The maximum absolute atomic E-state index is 16.2. The summed E-state index contributed by atoms with van der Waals surface area (Å²) >= 11 is 0. The number of likely N-dealkylation sites (tertiary alicyclic amines) is 1. The van der Waals surface area contributed by atoms with Gasteiger partial charge in [-0.05, 0) is 75.3 Å². The second-order valence-corrected chi connectivity index (χ2v) is 17.6. The van der Waals surface area contributed by atoms with Crippen molar-refractivity contribution < 1.29 is 32.4 Å². The number of rotatable bonds is 15. The number of aryl methyl sites for hydroxylation is 1. The van der Waals surface area contributed by atoms with Crippen LogP contribution in [0.25, 0.3) is 27.8 Å². The second-order valence-electron chi connectivity index (χ2n) is 16.1.